The number of nitrogens with one attached hydrogen (secondary N) is 2. The van der Waals surface area contributed by atoms with Crippen molar-refractivity contribution in [3.8, 4) is 0 Å². The number of hydrogen-bond acceptors (Lipinski definition) is 2. The second-order valence-corrected chi connectivity index (χ2v) is 5.08. The van der Waals surface area contributed by atoms with Gasteiger partial charge in [0.15, 0.2) is 0 Å². The molecule has 1 aliphatic carbocycles. The van der Waals surface area contributed by atoms with E-state index in [0.717, 1.165) is 18.5 Å². The highest BCUT2D eigenvalue weighted by Gasteiger charge is 2.20. The normalized spacial score (nSPS) is 13.8. The van der Waals surface area contributed by atoms with E-state index in [9.17, 15) is 4.79 Å². The molecule has 0 aliphatic heterocycles. The van der Waals surface area contributed by atoms with E-state index in [0.29, 0.717) is 11.7 Å². The summed E-state index contributed by atoms with van der Waals surface area (Å²) in [7, 11) is 0. The Kier molecular flexibility index (Phi) is 3.29. The Morgan fingerprint density at radius 3 is 2.05 bits per heavy atom. The molecule has 0 atom stereocenters. The van der Waals surface area contributed by atoms with E-state index in [1.54, 1.807) is 0 Å². The molecule has 4 nitrogen and oxygen atoms in total. The molecule has 0 bridgehead atoms. The van der Waals surface area contributed by atoms with Gasteiger partial charge in [-0.3, -0.25) is 0 Å². The third-order valence-electron chi connectivity index (χ3n) is 3.57. The fourth-order valence-corrected chi connectivity index (χ4v) is 2.69. The first-order chi connectivity index (χ1) is 9.70. The van der Waals surface area contributed by atoms with Crippen LogP contribution in [-0.4, -0.2) is 12.1 Å². The molecular weight excluding hydrogens is 250 g/mol. The number of anilines is 2. The van der Waals surface area contributed by atoms with E-state index in [2.05, 4.69) is 34.9 Å². The van der Waals surface area contributed by atoms with Crippen LogP contribution in [0.1, 0.15) is 11.1 Å². The summed E-state index contributed by atoms with van der Waals surface area (Å²) >= 11 is 0. The van der Waals surface area contributed by atoms with Crippen LogP contribution >= 0.6 is 0 Å². The first-order valence-corrected chi connectivity index (χ1v) is 6.70. The lowest BCUT2D eigenvalue weighted by molar-refractivity contribution is 0.259. The maximum Gasteiger partial charge on any atom is 0.316 e. The number of rotatable bonds is 3. The van der Waals surface area contributed by atoms with Gasteiger partial charge in [0, 0.05) is 17.4 Å². The van der Waals surface area contributed by atoms with Crippen molar-refractivity contribution in [1.82, 2.24) is 0 Å². The number of nitrogens with two attached hydrogens (primary N) is 1. The Morgan fingerprint density at radius 2 is 1.50 bits per heavy atom. The number of carbonyl (C=O) groups is 1. The third kappa shape index (κ3) is 2.74. The van der Waals surface area contributed by atoms with Crippen LogP contribution in [-0.2, 0) is 12.8 Å². The minimum Gasteiger partial charge on any atom is -0.382 e. The molecule has 2 aromatic carbocycles. The Bertz CT molecular complexity index is 597. The Morgan fingerprint density at radius 1 is 0.950 bits per heavy atom. The predicted octanol–water partition coefficient (Wildman–Crippen LogP) is 2.76. The smallest absolute Gasteiger partial charge is 0.316 e. The molecule has 0 fully saturated rings. The van der Waals surface area contributed by atoms with Crippen molar-refractivity contribution in [1.29, 1.82) is 0 Å². The van der Waals surface area contributed by atoms with Crippen molar-refractivity contribution in [3.63, 3.8) is 0 Å². The highest BCUT2D eigenvalue weighted by Crippen LogP contribution is 2.24. The number of urea groups is 1. The van der Waals surface area contributed by atoms with Gasteiger partial charge in [-0.15, -0.1) is 0 Å². The molecule has 0 radical (unpaired) electrons. The van der Waals surface area contributed by atoms with Gasteiger partial charge >= 0.3 is 6.03 Å². The maximum absolute atomic E-state index is 10.8. The molecule has 0 saturated heterocycles. The van der Waals surface area contributed by atoms with Gasteiger partial charge in [-0.05, 0) is 48.2 Å². The van der Waals surface area contributed by atoms with Gasteiger partial charge < -0.3 is 16.4 Å². The van der Waals surface area contributed by atoms with Crippen LogP contribution in [0.25, 0.3) is 0 Å². The Labute approximate surface area is 118 Å². The van der Waals surface area contributed by atoms with E-state index in [-0.39, 0.29) is 0 Å². The minimum atomic E-state index is -0.544. The molecule has 0 saturated carbocycles. The lowest BCUT2D eigenvalue weighted by Crippen LogP contribution is -2.20. The fourth-order valence-electron chi connectivity index (χ4n) is 2.69. The average molecular weight is 267 g/mol. The summed E-state index contributed by atoms with van der Waals surface area (Å²) in [6, 6.07) is 16.0. The van der Waals surface area contributed by atoms with Crippen LogP contribution in [0.2, 0.25) is 0 Å². The summed E-state index contributed by atoms with van der Waals surface area (Å²) in [5.74, 6) is 0. The van der Waals surface area contributed by atoms with Crippen molar-refractivity contribution in [3.05, 3.63) is 59.7 Å². The van der Waals surface area contributed by atoms with Crippen LogP contribution < -0.4 is 16.4 Å². The van der Waals surface area contributed by atoms with Crippen LogP contribution in [0, 0.1) is 0 Å². The van der Waals surface area contributed by atoms with E-state index in [1.165, 1.54) is 11.1 Å². The summed E-state index contributed by atoms with van der Waals surface area (Å²) in [4.78, 5) is 10.8. The molecule has 102 valence electrons. The van der Waals surface area contributed by atoms with Crippen molar-refractivity contribution in [2.24, 2.45) is 5.73 Å². The zero-order chi connectivity index (χ0) is 13.9. The Balaban J connectivity index is 1.63. The van der Waals surface area contributed by atoms with Gasteiger partial charge in [-0.2, -0.15) is 0 Å². The first kappa shape index (κ1) is 12.5. The summed E-state index contributed by atoms with van der Waals surface area (Å²) in [6.07, 6.45) is 2.11. The van der Waals surface area contributed by atoms with Crippen LogP contribution in [0.4, 0.5) is 16.2 Å². The standard InChI is InChI=1S/C16H17N3O/c17-16(20)19-14-7-5-13(6-8-14)18-15-9-11-3-1-2-4-12(11)10-15/h1-8,15,18H,9-10H2,(H3,17,19,20). The van der Waals surface area contributed by atoms with E-state index in [1.807, 2.05) is 24.3 Å². The van der Waals surface area contributed by atoms with Gasteiger partial charge in [0.05, 0.1) is 0 Å². The number of benzene rings is 2. The van der Waals surface area contributed by atoms with Crippen molar-refractivity contribution < 1.29 is 4.79 Å². The number of hydrogen-bond donors (Lipinski definition) is 3. The number of carbonyl (C=O) groups excluding carboxylic acids is 1. The number of primary amides is 1. The first-order valence-electron chi connectivity index (χ1n) is 6.70. The largest absolute Gasteiger partial charge is 0.382 e. The monoisotopic (exact) mass is 267 g/mol. The Hall–Kier alpha value is -2.49. The molecule has 3 rings (SSSR count). The maximum atomic E-state index is 10.8. The predicted molar refractivity (Wildman–Crippen MR) is 80.9 cm³/mol. The van der Waals surface area contributed by atoms with E-state index >= 15 is 0 Å². The molecule has 4 heteroatoms. The molecule has 20 heavy (non-hydrogen) atoms. The fraction of sp³-hybridized carbons (Fsp3) is 0.188. The van der Waals surface area contributed by atoms with Crippen LogP contribution in [0.5, 0.6) is 0 Å². The van der Waals surface area contributed by atoms with Gasteiger partial charge in [0.1, 0.15) is 0 Å². The second kappa shape index (κ2) is 5.25. The molecule has 4 N–H and O–H groups in total. The summed E-state index contributed by atoms with van der Waals surface area (Å²) < 4.78 is 0. The van der Waals surface area contributed by atoms with Gasteiger partial charge in [0.25, 0.3) is 0 Å². The molecular formula is C16H17N3O. The molecule has 0 heterocycles. The van der Waals surface area contributed by atoms with Gasteiger partial charge in [-0.25, -0.2) is 4.79 Å². The topological polar surface area (TPSA) is 67.2 Å². The minimum absolute atomic E-state index is 0.433. The third-order valence-corrected chi connectivity index (χ3v) is 3.57. The molecule has 0 aromatic heterocycles. The summed E-state index contributed by atoms with van der Waals surface area (Å²) in [6.45, 7) is 0. The highest BCUT2D eigenvalue weighted by molar-refractivity contribution is 5.87. The highest BCUT2D eigenvalue weighted by atomic mass is 16.2. The zero-order valence-electron chi connectivity index (χ0n) is 11.1. The molecule has 0 unspecified atom stereocenters. The molecule has 2 amide bonds. The lowest BCUT2D eigenvalue weighted by atomic mass is 10.1. The number of fused-ring (bicyclic) bond motifs is 1. The van der Waals surface area contributed by atoms with Crippen molar-refractivity contribution >= 4 is 17.4 Å². The number of amides is 2. The molecule has 2 aromatic rings. The summed E-state index contributed by atoms with van der Waals surface area (Å²) in [5, 5.41) is 6.08. The molecule has 0 spiro atoms. The second-order valence-electron chi connectivity index (χ2n) is 5.08. The van der Waals surface area contributed by atoms with E-state index < -0.39 is 6.03 Å². The van der Waals surface area contributed by atoms with Crippen LogP contribution in [0.3, 0.4) is 0 Å². The SMILES string of the molecule is NC(=O)Nc1ccc(NC2Cc3ccccc3C2)cc1. The quantitative estimate of drug-likeness (QED) is 0.800. The van der Waals surface area contributed by atoms with E-state index in [4.69, 9.17) is 5.73 Å². The van der Waals surface area contributed by atoms with Gasteiger partial charge in [0.2, 0.25) is 0 Å². The van der Waals surface area contributed by atoms with Gasteiger partial charge in [-0.1, -0.05) is 24.3 Å². The van der Waals surface area contributed by atoms with Crippen molar-refractivity contribution in [2.75, 3.05) is 10.6 Å². The molecule has 1 aliphatic rings. The van der Waals surface area contributed by atoms with Crippen molar-refractivity contribution in [2.45, 2.75) is 18.9 Å². The zero-order valence-corrected chi connectivity index (χ0v) is 11.1. The average Bonchev–Trinajstić information content (AvgIpc) is 2.82. The van der Waals surface area contributed by atoms with Crippen LogP contribution in [0.15, 0.2) is 48.5 Å². The lowest BCUT2D eigenvalue weighted by Gasteiger charge is -2.14. The summed E-state index contributed by atoms with van der Waals surface area (Å²) in [5.41, 5.74) is 9.69.